The summed E-state index contributed by atoms with van der Waals surface area (Å²) in [6.07, 6.45) is 67.2. The first-order valence-corrected chi connectivity index (χ1v) is 24.8. The Morgan fingerprint density at radius 1 is 0.383 bits per heavy atom. The van der Waals surface area contributed by atoms with Crippen LogP contribution in [-0.4, -0.2) is 37.9 Å². The lowest BCUT2D eigenvalue weighted by Crippen LogP contribution is -2.30. The van der Waals surface area contributed by atoms with Crippen molar-refractivity contribution in [3.05, 3.63) is 97.2 Å². The van der Waals surface area contributed by atoms with E-state index in [-0.39, 0.29) is 25.2 Å². The van der Waals surface area contributed by atoms with Crippen LogP contribution in [0.5, 0.6) is 0 Å². The highest BCUT2D eigenvalue weighted by atomic mass is 16.6. The number of ether oxygens (including phenoxy) is 3. The molecule has 342 valence electrons. The van der Waals surface area contributed by atoms with Crippen molar-refractivity contribution in [2.24, 2.45) is 0 Å². The van der Waals surface area contributed by atoms with E-state index in [2.05, 4.69) is 118 Å². The molecule has 1 atom stereocenters. The molecule has 60 heavy (non-hydrogen) atoms. The number of carbonyl (C=O) groups is 2. The fourth-order valence-electron chi connectivity index (χ4n) is 6.53. The molecule has 0 N–H and O–H groups in total. The van der Waals surface area contributed by atoms with Crippen molar-refractivity contribution in [3.8, 4) is 0 Å². The second-order valence-electron chi connectivity index (χ2n) is 16.0. The van der Waals surface area contributed by atoms with Crippen LogP contribution < -0.4 is 0 Å². The normalized spacial score (nSPS) is 13.1. The fraction of sp³-hybridized carbons (Fsp3) is 0.673. The molecule has 0 aromatic carbocycles. The van der Waals surface area contributed by atoms with Crippen LogP contribution in [0, 0.1) is 0 Å². The van der Waals surface area contributed by atoms with Crippen LogP contribution in [0.3, 0.4) is 0 Å². The van der Waals surface area contributed by atoms with E-state index < -0.39 is 6.10 Å². The second-order valence-corrected chi connectivity index (χ2v) is 16.0. The van der Waals surface area contributed by atoms with Crippen molar-refractivity contribution in [1.29, 1.82) is 0 Å². The molecule has 0 aromatic rings. The SMILES string of the molecule is CC/C=C\C/C=C\C/C=C\C/C=C\C/C=C\CCOCC(COC(=O)CCCCCCC/C=C\C/C=C\C/C=C\CC)OC(=O)CCCCCCCCCCCCCCC. The maximum absolute atomic E-state index is 12.8. The van der Waals surface area contributed by atoms with Gasteiger partial charge < -0.3 is 14.2 Å². The van der Waals surface area contributed by atoms with Crippen LogP contribution in [0.4, 0.5) is 0 Å². The average molecular weight is 833 g/mol. The number of hydrogen-bond donors (Lipinski definition) is 0. The molecular weight excluding hydrogens is 741 g/mol. The quantitative estimate of drug-likeness (QED) is 0.0348. The smallest absolute Gasteiger partial charge is 0.306 e. The van der Waals surface area contributed by atoms with Crippen LogP contribution in [0.2, 0.25) is 0 Å². The van der Waals surface area contributed by atoms with Gasteiger partial charge in [-0.05, 0) is 83.5 Å². The molecule has 0 amide bonds. The molecule has 0 fully saturated rings. The van der Waals surface area contributed by atoms with Crippen molar-refractivity contribution in [3.63, 3.8) is 0 Å². The Morgan fingerprint density at radius 3 is 1.20 bits per heavy atom. The van der Waals surface area contributed by atoms with Gasteiger partial charge >= 0.3 is 11.9 Å². The predicted molar refractivity (Wildman–Crippen MR) is 260 cm³/mol. The minimum Gasteiger partial charge on any atom is -0.462 e. The van der Waals surface area contributed by atoms with E-state index in [0.29, 0.717) is 19.4 Å². The number of carbonyl (C=O) groups excluding carboxylic acids is 2. The van der Waals surface area contributed by atoms with E-state index in [9.17, 15) is 9.59 Å². The van der Waals surface area contributed by atoms with Gasteiger partial charge in [-0.3, -0.25) is 9.59 Å². The first-order chi connectivity index (χ1) is 29.6. The largest absolute Gasteiger partial charge is 0.462 e. The summed E-state index contributed by atoms with van der Waals surface area (Å²) in [4.78, 5) is 25.3. The molecule has 0 heterocycles. The maximum atomic E-state index is 12.8. The summed E-state index contributed by atoms with van der Waals surface area (Å²) < 4.78 is 17.3. The molecule has 5 heteroatoms. The van der Waals surface area contributed by atoms with Crippen LogP contribution in [0.15, 0.2) is 97.2 Å². The Kier molecular flexibility index (Phi) is 47.5. The van der Waals surface area contributed by atoms with Gasteiger partial charge in [0.25, 0.3) is 0 Å². The lowest BCUT2D eigenvalue weighted by molar-refractivity contribution is -0.162. The molecule has 0 saturated carbocycles. The monoisotopic (exact) mass is 833 g/mol. The molecule has 0 aliphatic heterocycles. The van der Waals surface area contributed by atoms with Gasteiger partial charge in [0.2, 0.25) is 0 Å². The second kappa shape index (κ2) is 50.2. The van der Waals surface area contributed by atoms with Gasteiger partial charge in [-0.15, -0.1) is 0 Å². The van der Waals surface area contributed by atoms with E-state index in [4.69, 9.17) is 14.2 Å². The Labute approximate surface area is 371 Å². The highest BCUT2D eigenvalue weighted by molar-refractivity contribution is 5.70. The summed E-state index contributed by atoms with van der Waals surface area (Å²) >= 11 is 0. The molecule has 0 radical (unpaired) electrons. The van der Waals surface area contributed by atoms with Gasteiger partial charge in [0.05, 0.1) is 13.2 Å². The maximum Gasteiger partial charge on any atom is 0.306 e. The van der Waals surface area contributed by atoms with E-state index in [1.54, 1.807) is 0 Å². The number of allylic oxidation sites excluding steroid dienone is 15. The summed E-state index contributed by atoms with van der Waals surface area (Å²) in [6.45, 7) is 7.37. The summed E-state index contributed by atoms with van der Waals surface area (Å²) in [6, 6.07) is 0. The Bertz CT molecular complexity index is 1170. The molecular formula is C55H92O5. The topological polar surface area (TPSA) is 61.8 Å². The number of hydrogen-bond acceptors (Lipinski definition) is 5. The third-order valence-corrected chi connectivity index (χ3v) is 10.1. The molecule has 0 rings (SSSR count). The number of unbranched alkanes of at least 4 members (excludes halogenated alkanes) is 17. The van der Waals surface area contributed by atoms with Crippen molar-refractivity contribution >= 4 is 11.9 Å². The zero-order valence-corrected chi connectivity index (χ0v) is 39.2. The van der Waals surface area contributed by atoms with Gasteiger partial charge in [0, 0.05) is 12.8 Å². The molecule has 0 spiro atoms. The Hall–Kier alpha value is -3.18. The lowest BCUT2D eigenvalue weighted by Gasteiger charge is -2.18. The van der Waals surface area contributed by atoms with Crippen LogP contribution in [0.25, 0.3) is 0 Å². The molecule has 0 aliphatic rings. The van der Waals surface area contributed by atoms with Gasteiger partial charge in [-0.25, -0.2) is 0 Å². The molecule has 0 aliphatic carbocycles. The minimum absolute atomic E-state index is 0.0435. The molecule has 1 unspecified atom stereocenters. The number of esters is 2. The third-order valence-electron chi connectivity index (χ3n) is 10.1. The summed E-state index contributed by atoms with van der Waals surface area (Å²) in [5.74, 6) is -0.459. The van der Waals surface area contributed by atoms with Gasteiger partial charge in [-0.2, -0.15) is 0 Å². The van der Waals surface area contributed by atoms with Gasteiger partial charge in [0.15, 0.2) is 6.10 Å². The minimum atomic E-state index is -0.585. The van der Waals surface area contributed by atoms with Crippen molar-refractivity contribution in [2.75, 3.05) is 19.8 Å². The third kappa shape index (κ3) is 47.5. The molecule has 0 aromatic heterocycles. The lowest BCUT2D eigenvalue weighted by atomic mass is 10.0. The standard InChI is InChI=1S/C55H92O5/c1-4-7-10-13-16-19-22-25-27-29-32-35-38-41-44-47-50-58-51-53(60-55(57)49-46-43-40-37-34-30-24-21-18-15-12-9-6-3)52-59-54(56)48-45-42-39-36-33-31-28-26-23-20-17-14-11-8-5-2/h7-8,10-11,16-17,19-20,25-28,32,35,41,44,53H,4-6,9,12-15,18,21-24,29-31,33-34,36-40,42-43,45-52H2,1-3H3/b10-7-,11-8-,19-16-,20-17-,27-25-,28-26-,35-32-,44-41-. The van der Waals surface area contributed by atoms with Gasteiger partial charge in [0.1, 0.15) is 6.61 Å². The predicted octanol–water partition coefficient (Wildman–Crippen LogP) is 16.7. The van der Waals surface area contributed by atoms with Crippen LogP contribution >= 0.6 is 0 Å². The first kappa shape index (κ1) is 56.8. The number of rotatable bonds is 44. The van der Waals surface area contributed by atoms with Crippen molar-refractivity contribution in [2.45, 2.75) is 219 Å². The van der Waals surface area contributed by atoms with Crippen molar-refractivity contribution < 1.29 is 23.8 Å². The van der Waals surface area contributed by atoms with E-state index in [0.717, 1.165) is 103 Å². The Balaban J connectivity index is 4.41. The summed E-state index contributed by atoms with van der Waals surface area (Å²) in [7, 11) is 0. The summed E-state index contributed by atoms with van der Waals surface area (Å²) in [5, 5.41) is 0. The molecule has 0 bridgehead atoms. The highest BCUT2D eigenvalue weighted by Crippen LogP contribution is 2.14. The molecule has 0 saturated heterocycles. The van der Waals surface area contributed by atoms with Gasteiger partial charge in [-0.1, -0.05) is 214 Å². The fourth-order valence-corrected chi connectivity index (χ4v) is 6.53. The highest BCUT2D eigenvalue weighted by Gasteiger charge is 2.17. The average Bonchev–Trinajstić information content (AvgIpc) is 3.25. The van der Waals surface area contributed by atoms with E-state index in [1.807, 2.05) is 0 Å². The van der Waals surface area contributed by atoms with Crippen LogP contribution in [-0.2, 0) is 23.8 Å². The zero-order valence-electron chi connectivity index (χ0n) is 39.2. The zero-order chi connectivity index (χ0) is 43.5. The first-order valence-electron chi connectivity index (χ1n) is 24.8. The molecule has 5 nitrogen and oxygen atoms in total. The Morgan fingerprint density at radius 2 is 0.750 bits per heavy atom. The van der Waals surface area contributed by atoms with E-state index in [1.165, 1.54) is 77.0 Å². The van der Waals surface area contributed by atoms with Crippen molar-refractivity contribution in [1.82, 2.24) is 0 Å². The summed E-state index contributed by atoms with van der Waals surface area (Å²) in [5.41, 5.74) is 0. The van der Waals surface area contributed by atoms with Crippen LogP contribution in [0.1, 0.15) is 213 Å². The van der Waals surface area contributed by atoms with E-state index >= 15 is 0 Å².